The van der Waals surface area contributed by atoms with Gasteiger partial charge in [0.15, 0.2) is 0 Å². The number of alkyl halides is 1. The van der Waals surface area contributed by atoms with E-state index in [1.54, 1.807) is 24.3 Å². The van der Waals surface area contributed by atoms with Crippen molar-refractivity contribution in [2.45, 2.75) is 11.9 Å². The molecular weight excluding hydrogens is 316 g/mol. The van der Waals surface area contributed by atoms with Gasteiger partial charge in [0, 0.05) is 17.4 Å². The van der Waals surface area contributed by atoms with E-state index in [4.69, 9.17) is 5.26 Å². The van der Waals surface area contributed by atoms with Crippen molar-refractivity contribution < 1.29 is 4.79 Å². The zero-order valence-electron chi connectivity index (χ0n) is 10.8. The molecule has 4 heteroatoms. The zero-order valence-corrected chi connectivity index (χ0v) is 12.4. The fraction of sp³-hybridized carbons (Fsp3) is 0.125. The third-order valence-electron chi connectivity index (χ3n) is 2.85. The van der Waals surface area contributed by atoms with Crippen molar-refractivity contribution in [3.63, 3.8) is 0 Å². The number of amides is 1. The van der Waals surface area contributed by atoms with Crippen LogP contribution < -0.4 is 5.32 Å². The minimum Gasteiger partial charge on any atom is -0.348 e. The van der Waals surface area contributed by atoms with Gasteiger partial charge in [-0.3, -0.25) is 4.79 Å². The molecule has 0 aliphatic rings. The standard InChI is InChI=1S/C16H13BrN2O/c17-9-12-3-1-5-14(7-12)11-19-16(20)15-6-2-4-13(8-15)10-18/h1-8H,9,11H2,(H,19,20). The van der Waals surface area contributed by atoms with Gasteiger partial charge in [0.2, 0.25) is 0 Å². The molecule has 0 aliphatic heterocycles. The molecule has 2 aromatic carbocycles. The van der Waals surface area contributed by atoms with Crippen LogP contribution in [0.25, 0.3) is 0 Å². The Balaban J connectivity index is 2.03. The summed E-state index contributed by atoms with van der Waals surface area (Å²) in [5.41, 5.74) is 3.20. The Morgan fingerprint density at radius 3 is 2.65 bits per heavy atom. The largest absolute Gasteiger partial charge is 0.348 e. The van der Waals surface area contributed by atoms with Crippen LogP contribution in [0.3, 0.4) is 0 Å². The number of nitrogens with zero attached hydrogens (tertiary/aromatic N) is 1. The minimum atomic E-state index is -0.175. The molecule has 0 saturated carbocycles. The first-order valence-electron chi connectivity index (χ1n) is 6.15. The van der Waals surface area contributed by atoms with E-state index in [0.29, 0.717) is 17.7 Å². The second-order valence-corrected chi connectivity index (χ2v) is 4.89. The fourth-order valence-corrected chi connectivity index (χ4v) is 2.19. The summed E-state index contributed by atoms with van der Waals surface area (Å²) in [5.74, 6) is -0.175. The van der Waals surface area contributed by atoms with Crippen molar-refractivity contribution in [1.29, 1.82) is 5.26 Å². The summed E-state index contributed by atoms with van der Waals surface area (Å²) in [6.45, 7) is 0.469. The second kappa shape index (κ2) is 6.88. The predicted molar refractivity (Wildman–Crippen MR) is 81.4 cm³/mol. The molecular formula is C16H13BrN2O. The van der Waals surface area contributed by atoms with Gasteiger partial charge in [-0.05, 0) is 29.3 Å². The zero-order chi connectivity index (χ0) is 14.4. The average molecular weight is 329 g/mol. The summed E-state index contributed by atoms with van der Waals surface area (Å²) in [6.07, 6.45) is 0. The van der Waals surface area contributed by atoms with Gasteiger partial charge in [-0.1, -0.05) is 46.3 Å². The van der Waals surface area contributed by atoms with Gasteiger partial charge in [-0.25, -0.2) is 0 Å². The molecule has 2 aromatic rings. The minimum absolute atomic E-state index is 0.175. The molecule has 0 spiro atoms. The summed E-state index contributed by atoms with van der Waals surface area (Å²) >= 11 is 3.41. The van der Waals surface area contributed by atoms with E-state index in [9.17, 15) is 4.79 Å². The lowest BCUT2D eigenvalue weighted by atomic mass is 10.1. The van der Waals surface area contributed by atoms with E-state index in [2.05, 4.69) is 21.2 Å². The van der Waals surface area contributed by atoms with Crippen LogP contribution in [-0.2, 0) is 11.9 Å². The van der Waals surface area contributed by atoms with Gasteiger partial charge in [-0.15, -0.1) is 0 Å². The quantitative estimate of drug-likeness (QED) is 0.874. The lowest BCUT2D eigenvalue weighted by Crippen LogP contribution is -2.22. The van der Waals surface area contributed by atoms with Gasteiger partial charge >= 0.3 is 0 Å². The van der Waals surface area contributed by atoms with E-state index in [1.807, 2.05) is 30.3 Å². The Morgan fingerprint density at radius 1 is 1.15 bits per heavy atom. The molecule has 20 heavy (non-hydrogen) atoms. The Hall–Kier alpha value is -2.12. The first kappa shape index (κ1) is 14.3. The maximum Gasteiger partial charge on any atom is 0.251 e. The van der Waals surface area contributed by atoms with E-state index < -0.39 is 0 Å². The van der Waals surface area contributed by atoms with Gasteiger partial charge in [-0.2, -0.15) is 5.26 Å². The number of rotatable bonds is 4. The summed E-state index contributed by atoms with van der Waals surface area (Å²) in [5, 5.41) is 12.5. The highest BCUT2D eigenvalue weighted by Gasteiger charge is 2.06. The SMILES string of the molecule is N#Cc1cccc(C(=O)NCc2cccc(CBr)c2)c1. The number of nitriles is 1. The fourth-order valence-electron chi connectivity index (χ4n) is 1.84. The lowest BCUT2D eigenvalue weighted by Gasteiger charge is -2.06. The molecule has 0 fully saturated rings. The van der Waals surface area contributed by atoms with Crippen LogP contribution in [0.15, 0.2) is 48.5 Å². The topological polar surface area (TPSA) is 52.9 Å². The average Bonchev–Trinajstić information content (AvgIpc) is 2.52. The van der Waals surface area contributed by atoms with Crippen LogP contribution in [-0.4, -0.2) is 5.91 Å². The van der Waals surface area contributed by atoms with E-state index in [-0.39, 0.29) is 5.91 Å². The summed E-state index contributed by atoms with van der Waals surface area (Å²) in [7, 11) is 0. The van der Waals surface area contributed by atoms with Crippen molar-refractivity contribution >= 4 is 21.8 Å². The predicted octanol–water partition coefficient (Wildman–Crippen LogP) is 3.38. The number of carbonyl (C=O) groups is 1. The van der Waals surface area contributed by atoms with Crippen LogP contribution in [0, 0.1) is 11.3 Å². The number of benzene rings is 2. The molecule has 0 aromatic heterocycles. The molecule has 100 valence electrons. The monoisotopic (exact) mass is 328 g/mol. The normalized spacial score (nSPS) is 9.80. The molecule has 0 heterocycles. The van der Waals surface area contributed by atoms with Gasteiger partial charge in [0.1, 0.15) is 0 Å². The molecule has 2 rings (SSSR count). The Bertz CT molecular complexity index is 662. The summed E-state index contributed by atoms with van der Waals surface area (Å²) in [6, 6.07) is 16.7. The maximum atomic E-state index is 12.0. The number of hydrogen-bond donors (Lipinski definition) is 1. The van der Waals surface area contributed by atoms with Crippen LogP contribution in [0.1, 0.15) is 27.0 Å². The van der Waals surface area contributed by atoms with Crippen molar-refractivity contribution in [3.05, 3.63) is 70.8 Å². The number of hydrogen-bond acceptors (Lipinski definition) is 2. The molecule has 1 N–H and O–H groups in total. The van der Waals surface area contributed by atoms with Crippen molar-refractivity contribution in [1.82, 2.24) is 5.32 Å². The summed E-state index contributed by atoms with van der Waals surface area (Å²) in [4.78, 5) is 12.0. The Kier molecular flexibility index (Phi) is 4.91. The maximum absolute atomic E-state index is 12.0. The van der Waals surface area contributed by atoms with Crippen LogP contribution >= 0.6 is 15.9 Å². The Morgan fingerprint density at radius 2 is 1.90 bits per heavy atom. The number of nitrogens with one attached hydrogen (secondary N) is 1. The first-order valence-corrected chi connectivity index (χ1v) is 7.27. The summed E-state index contributed by atoms with van der Waals surface area (Å²) < 4.78 is 0. The molecule has 0 atom stereocenters. The second-order valence-electron chi connectivity index (χ2n) is 4.33. The van der Waals surface area contributed by atoms with Gasteiger partial charge in [0.25, 0.3) is 5.91 Å². The van der Waals surface area contributed by atoms with Crippen LogP contribution in [0.5, 0.6) is 0 Å². The number of carbonyl (C=O) groups excluding carboxylic acids is 1. The van der Waals surface area contributed by atoms with Gasteiger partial charge in [0.05, 0.1) is 11.6 Å². The highest BCUT2D eigenvalue weighted by molar-refractivity contribution is 9.08. The molecule has 0 radical (unpaired) electrons. The molecule has 0 saturated heterocycles. The molecule has 0 unspecified atom stereocenters. The molecule has 0 bridgehead atoms. The molecule has 1 amide bonds. The molecule has 3 nitrogen and oxygen atoms in total. The van der Waals surface area contributed by atoms with Crippen molar-refractivity contribution in [3.8, 4) is 6.07 Å². The highest BCUT2D eigenvalue weighted by Crippen LogP contribution is 2.09. The van der Waals surface area contributed by atoms with E-state index in [0.717, 1.165) is 10.9 Å². The van der Waals surface area contributed by atoms with Crippen molar-refractivity contribution in [2.75, 3.05) is 0 Å². The van der Waals surface area contributed by atoms with Crippen LogP contribution in [0.4, 0.5) is 0 Å². The first-order chi connectivity index (χ1) is 9.72. The Labute approximate surface area is 126 Å². The van der Waals surface area contributed by atoms with Gasteiger partial charge < -0.3 is 5.32 Å². The van der Waals surface area contributed by atoms with Crippen LogP contribution in [0.2, 0.25) is 0 Å². The van der Waals surface area contributed by atoms with E-state index >= 15 is 0 Å². The smallest absolute Gasteiger partial charge is 0.251 e. The van der Waals surface area contributed by atoms with Crippen molar-refractivity contribution in [2.24, 2.45) is 0 Å². The number of halogens is 1. The highest BCUT2D eigenvalue weighted by atomic mass is 79.9. The lowest BCUT2D eigenvalue weighted by molar-refractivity contribution is 0.0951. The molecule has 0 aliphatic carbocycles. The van der Waals surface area contributed by atoms with E-state index in [1.165, 1.54) is 5.56 Å². The third-order valence-corrected chi connectivity index (χ3v) is 3.50. The third kappa shape index (κ3) is 3.69.